The predicted molar refractivity (Wildman–Crippen MR) is 107 cm³/mol. The molecule has 5 nitrogen and oxygen atoms in total. The van der Waals surface area contributed by atoms with Crippen LogP contribution >= 0.6 is 0 Å². The zero-order valence-electron chi connectivity index (χ0n) is 17.2. The van der Waals surface area contributed by atoms with E-state index in [1.807, 2.05) is 11.0 Å². The van der Waals surface area contributed by atoms with Crippen molar-refractivity contribution in [2.24, 2.45) is 28.6 Å². The molecule has 0 aromatic carbocycles. The van der Waals surface area contributed by atoms with Crippen molar-refractivity contribution in [1.82, 2.24) is 14.8 Å². The lowest BCUT2D eigenvalue weighted by molar-refractivity contribution is -0.148. The predicted octanol–water partition coefficient (Wildman–Crippen LogP) is 4.62. The first kappa shape index (κ1) is 18.1. The van der Waals surface area contributed by atoms with E-state index in [4.69, 9.17) is 4.74 Å². The Morgan fingerprint density at radius 1 is 1.14 bits per heavy atom. The third-order valence-corrected chi connectivity index (χ3v) is 8.60. The van der Waals surface area contributed by atoms with E-state index in [1.54, 1.807) is 11.9 Å². The van der Waals surface area contributed by atoms with Gasteiger partial charge in [-0.05, 0) is 61.7 Å². The van der Waals surface area contributed by atoms with Crippen LogP contribution in [0.1, 0.15) is 65.7 Å². The maximum absolute atomic E-state index is 11.4. The molecule has 0 unspecified atom stereocenters. The monoisotopic (exact) mass is 381 g/mol. The van der Waals surface area contributed by atoms with Gasteiger partial charge in [-0.15, -0.1) is 0 Å². The Labute approximate surface area is 167 Å². The van der Waals surface area contributed by atoms with E-state index in [0.717, 1.165) is 37.5 Å². The Morgan fingerprint density at radius 2 is 1.96 bits per heavy atom. The van der Waals surface area contributed by atoms with Crippen LogP contribution in [0.2, 0.25) is 0 Å². The molecule has 1 heterocycles. The zero-order valence-corrected chi connectivity index (χ0v) is 17.2. The third kappa shape index (κ3) is 2.54. The fraction of sp³-hybridized carbons (Fsp3) is 0.696. The van der Waals surface area contributed by atoms with Crippen LogP contribution in [0.15, 0.2) is 30.4 Å². The first-order chi connectivity index (χ1) is 13.4. The highest BCUT2D eigenvalue weighted by Gasteiger charge is 2.57. The Bertz CT molecular complexity index is 842. The second kappa shape index (κ2) is 6.30. The van der Waals surface area contributed by atoms with Gasteiger partial charge in [-0.2, -0.15) is 5.10 Å². The number of aromatic nitrogens is 3. The molecule has 0 amide bonds. The fourth-order valence-electron chi connectivity index (χ4n) is 7.20. The Hall–Kier alpha value is -1.91. The number of esters is 1. The first-order valence-corrected chi connectivity index (χ1v) is 10.8. The van der Waals surface area contributed by atoms with Gasteiger partial charge in [0.25, 0.3) is 0 Å². The average molecular weight is 382 g/mol. The standard InChI is InChI=1S/C23H31N3O2/c1-15(27)28-17-8-10-22(2)16(12-17)4-5-18-19-6-7-21(26-14-24-13-25-26)23(19,3)11-9-20(18)22/h4,7,13-14,17-20H,5-6,8-12H2,1-3H3/t17-,18-,19-,20-,22-,23-/m0/s1. The number of carbonyl (C=O) groups excluding carboxylic acids is 1. The smallest absolute Gasteiger partial charge is 0.302 e. The molecule has 0 N–H and O–H groups in total. The van der Waals surface area contributed by atoms with E-state index < -0.39 is 0 Å². The summed E-state index contributed by atoms with van der Waals surface area (Å²) in [6.45, 7) is 6.47. The molecule has 4 aliphatic rings. The number of hydrogen-bond acceptors (Lipinski definition) is 4. The van der Waals surface area contributed by atoms with Crippen molar-refractivity contribution in [2.75, 3.05) is 0 Å². The molecule has 1 aromatic heterocycles. The summed E-state index contributed by atoms with van der Waals surface area (Å²) < 4.78 is 7.55. The van der Waals surface area contributed by atoms with E-state index in [2.05, 4.69) is 36.1 Å². The largest absolute Gasteiger partial charge is 0.462 e. The van der Waals surface area contributed by atoms with E-state index in [9.17, 15) is 4.79 Å². The van der Waals surface area contributed by atoms with Gasteiger partial charge in [0.1, 0.15) is 18.8 Å². The van der Waals surface area contributed by atoms with Crippen molar-refractivity contribution >= 4 is 11.7 Å². The maximum Gasteiger partial charge on any atom is 0.302 e. The average Bonchev–Trinajstić information content (AvgIpc) is 3.28. The molecule has 0 aliphatic heterocycles. The zero-order chi connectivity index (χ0) is 19.5. The Balaban J connectivity index is 1.41. The molecule has 0 saturated heterocycles. The Kier molecular flexibility index (Phi) is 4.08. The van der Waals surface area contributed by atoms with Crippen LogP contribution < -0.4 is 0 Å². The van der Waals surface area contributed by atoms with Gasteiger partial charge in [-0.1, -0.05) is 31.6 Å². The van der Waals surface area contributed by atoms with Crippen LogP contribution in [-0.2, 0) is 9.53 Å². The SMILES string of the molecule is CC(=O)O[C@H]1CC[C@@]2(C)C(=CC[C@@H]3[C@@H]2CC[C@]2(C)C(n4cncn4)=CC[C@@H]32)C1. The molecule has 5 heteroatoms. The minimum absolute atomic E-state index is 0.0781. The molecule has 28 heavy (non-hydrogen) atoms. The van der Waals surface area contributed by atoms with E-state index in [0.29, 0.717) is 5.92 Å². The molecule has 2 fully saturated rings. The highest BCUT2D eigenvalue weighted by molar-refractivity contribution is 5.66. The van der Waals surface area contributed by atoms with Gasteiger partial charge >= 0.3 is 5.97 Å². The van der Waals surface area contributed by atoms with Crippen LogP contribution in [0.4, 0.5) is 0 Å². The molecule has 0 radical (unpaired) electrons. The lowest BCUT2D eigenvalue weighted by atomic mass is 9.48. The van der Waals surface area contributed by atoms with Gasteiger partial charge in [0.15, 0.2) is 0 Å². The summed E-state index contributed by atoms with van der Waals surface area (Å²) in [4.78, 5) is 15.6. The van der Waals surface area contributed by atoms with Crippen LogP contribution in [0.5, 0.6) is 0 Å². The summed E-state index contributed by atoms with van der Waals surface area (Å²) >= 11 is 0. The van der Waals surface area contributed by atoms with Crippen molar-refractivity contribution in [1.29, 1.82) is 0 Å². The molecular weight excluding hydrogens is 350 g/mol. The van der Waals surface area contributed by atoms with Gasteiger partial charge < -0.3 is 4.74 Å². The summed E-state index contributed by atoms with van der Waals surface area (Å²) in [5, 5.41) is 4.43. The lowest BCUT2D eigenvalue weighted by Crippen LogP contribution is -2.50. The summed E-state index contributed by atoms with van der Waals surface area (Å²) in [5.41, 5.74) is 3.38. The van der Waals surface area contributed by atoms with Gasteiger partial charge in [-0.25, -0.2) is 9.67 Å². The lowest BCUT2D eigenvalue weighted by Gasteiger charge is -2.57. The van der Waals surface area contributed by atoms with Gasteiger partial charge in [0, 0.05) is 24.5 Å². The third-order valence-electron chi connectivity index (χ3n) is 8.60. The topological polar surface area (TPSA) is 57.0 Å². The van der Waals surface area contributed by atoms with Gasteiger partial charge in [0.05, 0.1) is 0 Å². The minimum Gasteiger partial charge on any atom is -0.462 e. The second-order valence-corrected chi connectivity index (χ2v) is 9.85. The number of rotatable bonds is 2. The van der Waals surface area contributed by atoms with Crippen LogP contribution in [0.25, 0.3) is 5.70 Å². The molecule has 150 valence electrons. The second-order valence-electron chi connectivity index (χ2n) is 9.85. The van der Waals surface area contributed by atoms with Gasteiger partial charge in [-0.3, -0.25) is 4.79 Å². The Morgan fingerprint density at radius 3 is 2.71 bits per heavy atom. The van der Waals surface area contributed by atoms with Crippen molar-refractivity contribution < 1.29 is 9.53 Å². The minimum atomic E-state index is -0.144. The maximum atomic E-state index is 11.4. The molecule has 6 atom stereocenters. The van der Waals surface area contributed by atoms with Gasteiger partial charge in [0.2, 0.25) is 0 Å². The van der Waals surface area contributed by atoms with Crippen molar-refractivity contribution in [3.63, 3.8) is 0 Å². The molecule has 5 rings (SSSR count). The molecule has 4 aliphatic carbocycles. The highest BCUT2D eigenvalue weighted by Crippen LogP contribution is 2.65. The van der Waals surface area contributed by atoms with Crippen molar-refractivity contribution in [2.45, 2.75) is 71.8 Å². The first-order valence-electron chi connectivity index (χ1n) is 10.8. The molecule has 0 bridgehead atoms. The van der Waals surface area contributed by atoms with E-state index in [-0.39, 0.29) is 22.9 Å². The number of ether oxygens (including phenoxy) is 1. The van der Waals surface area contributed by atoms with Crippen molar-refractivity contribution in [3.8, 4) is 0 Å². The molecule has 2 saturated carbocycles. The molecule has 0 spiro atoms. The summed E-state index contributed by atoms with van der Waals surface area (Å²) in [5.74, 6) is 2.02. The summed E-state index contributed by atoms with van der Waals surface area (Å²) in [6.07, 6.45) is 16.4. The quantitative estimate of drug-likeness (QED) is 0.554. The summed E-state index contributed by atoms with van der Waals surface area (Å²) in [7, 11) is 0. The van der Waals surface area contributed by atoms with E-state index >= 15 is 0 Å². The number of carbonyl (C=O) groups is 1. The number of fused-ring (bicyclic) bond motifs is 5. The highest BCUT2D eigenvalue weighted by atomic mass is 16.5. The molecule has 1 aromatic rings. The normalized spacial score (nSPS) is 42.0. The van der Waals surface area contributed by atoms with Crippen molar-refractivity contribution in [3.05, 3.63) is 30.4 Å². The fourth-order valence-corrected chi connectivity index (χ4v) is 7.20. The number of hydrogen-bond donors (Lipinski definition) is 0. The van der Waals surface area contributed by atoms with Crippen LogP contribution in [0, 0.1) is 28.6 Å². The number of nitrogens with zero attached hydrogens (tertiary/aromatic N) is 3. The number of allylic oxidation sites excluding steroid dienone is 3. The van der Waals surface area contributed by atoms with Crippen LogP contribution in [-0.4, -0.2) is 26.8 Å². The molecular formula is C23H31N3O2. The van der Waals surface area contributed by atoms with Crippen LogP contribution in [0.3, 0.4) is 0 Å². The van der Waals surface area contributed by atoms with E-state index in [1.165, 1.54) is 31.9 Å². The summed E-state index contributed by atoms with van der Waals surface area (Å²) in [6, 6.07) is 0.